The van der Waals surface area contributed by atoms with Crippen molar-refractivity contribution in [3.05, 3.63) is 52.2 Å². The molecule has 2 rings (SSSR count). The van der Waals surface area contributed by atoms with Gasteiger partial charge < -0.3 is 0 Å². The van der Waals surface area contributed by atoms with E-state index in [0.717, 1.165) is 13.1 Å². The summed E-state index contributed by atoms with van der Waals surface area (Å²) in [7, 11) is 1.02. The van der Waals surface area contributed by atoms with Gasteiger partial charge in [-0.1, -0.05) is 49.1 Å². The Kier molecular flexibility index (Phi) is 4.61. The van der Waals surface area contributed by atoms with E-state index in [4.69, 9.17) is 0 Å². The van der Waals surface area contributed by atoms with Crippen molar-refractivity contribution in [1.82, 2.24) is 4.90 Å². The minimum atomic E-state index is -1.16. The SMILES string of the molecule is CN(Cc1ccc([Si](C)(C)C)cc1)Cc1ccsc1. The van der Waals surface area contributed by atoms with Gasteiger partial charge in [0.1, 0.15) is 0 Å². The quantitative estimate of drug-likeness (QED) is 0.754. The third-order valence-corrected chi connectivity index (χ3v) is 6.10. The number of hydrogen-bond donors (Lipinski definition) is 0. The molecule has 0 unspecified atom stereocenters. The fourth-order valence-corrected chi connectivity index (χ4v) is 4.00. The Bertz CT molecular complexity index is 497. The summed E-state index contributed by atoms with van der Waals surface area (Å²) in [5.41, 5.74) is 2.81. The summed E-state index contributed by atoms with van der Waals surface area (Å²) in [4.78, 5) is 2.37. The number of rotatable bonds is 5. The van der Waals surface area contributed by atoms with Crippen LogP contribution in [0.15, 0.2) is 41.1 Å². The molecule has 0 atom stereocenters. The zero-order valence-corrected chi connectivity index (χ0v) is 14.1. The van der Waals surface area contributed by atoms with E-state index >= 15 is 0 Å². The van der Waals surface area contributed by atoms with Gasteiger partial charge in [-0.3, -0.25) is 4.90 Å². The average Bonchev–Trinajstić information content (AvgIpc) is 2.81. The van der Waals surface area contributed by atoms with Crippen molar-refractivity contribution in [2.75, 3.05) is 7.05 Å². The smallest absolute Gasteiger partial charge is 0.0775 e. The molecule has 1 aromatic carbocycles. The van der Waals surface area contributed by atoms with Gasteiger partial charge >= 0.3 is 0 Å². The van der Waals surface area contributed by atoms with Gasteiger partial charge in [0.05, 0.1) is 8.07 Å². The van der Waals surface area contributed by atoms with Crippen LogP contribution in [0.1, 0.15) is 11.1 Å². The molecule has 0 aliphatic rings. The van der Waals surface area contributed by atoms with Crippen molar-refractivity contribution in [1.29, 1.82) is 0 Å². The molecule has 1 nitrogen and oxygen atoms in total. The summed E-state index contributed by atoms with van der Waals surface area (Å²) in [6.45, 7) is 9.22. The largest absolute Gasteiger partial charge is 0.298 e. The molecule has 0 bridgehead atoms. The monoisotopic (exact) mass is 289 g/mol. The molecule has 0 aliphatic heterocycles. The second-order valence-corrected chi connectivity index (χ2v) is 12.1. The molecule has 0 aliphatic carbocycles. The standard InChI is InChI=1S/C16H23NSSi/c1-17(12-15-9-10-18-13-15)11-14-5-7-16(8-6-14)19(2,3)4/h5-10,13H,11-12H2,1-4H3. The van der Waals surface area contributed by atoms with Crippen molar-refractivity contribution in [3.8, 4) is 0 Å². The van der Waals surface area contributed by atoms with Crippen LogP contribution in [0.4, 0.5) is 0 Å². The van der Waals surface area contributed by atoms with E-state index in [-0.39, 0.29) is 0 Å². The highest BCUT2D eigenvalue weighted by Gasteiger charge is 2.15. The molecule has 1 heterocycles. The Hall–Kier alpha value is -0.903. The molecule has 0 saturated carbocycles. The van der Waals surface area contributed by atoms with E-state index in [2.05, 4.69) is 72.7 Å². The van der Waals surface area contributed by atoms with Crippen LogP contribution < -0.4 is 5.19 Å². The van der Waals surface area contributed by atoms with E-state index in [1.165, 1.54) is 16.3 Å². The molecule has 19 heavy (non-hydrogen) atoms. The predicted molar refractivity (Wildman–Crippen MR) is 88.9 cm³/mol. The van der Waals surface area contributed by atoms with E-state index < -0.39 is 8.07 Å². The molecular weight excluding hydrogens is 266 g/mol. The van der Waals surface area contributed by atoms with Crippen LogP contribution in [0.3, 0.4) is 0 Å². The Morgan fingerprint density at radius 3 is 2.11 bits per heavy atom. The van der Waals surface area contributed by atoms with Crippen LogP contribution in [0.25, 0.3) is 0 Å². The molecule has 0 fully saturated rings. The minimum Gasteiger partial charge on any atom is -0.298 e. The molecule has 0 radical (unpaired) electrons. The fraction of sp³-hybridized carbons (Fsp3) is 0.375. The normalized spacial score (nSPS) is 12.1. The van der Waals surface area contributed by atoms with Crippen LogP contribution in [0.5, 0.6) is 0 Å². The van der Waals surface area contributed by atoms with Gasteiger partial charge in [-0.25, -0.2) is 0 Å². The minimum absolute atomic E-state index is 1.02. The zero-order chi connectivity index (χ0) is 13.9. The summed E-state index contributed by atoms with van der Waals surface area (Å²) in [5, 5.41) is 5.91. The topological polar surface area (TPSA) is 3.24 Å². The number of nitrogens with zero attached hydrogens (tertiary/aromatic N) is 1. The number of hydrogen-bond acceptors (Lipinski definition) is 2. The highest BCUT2D eigenvalue weighted by molar-refractivity contribution is 7.07. The average molecular weight is 290 g/mol. The van der Waals surface area contributed by atoms with Crippen LogP contribution in [0, 0.1) is 0 Å². The first-order valence-corrected chi connectivity index (χ1v) is 11.2. The lowest BCUT2D eigenvalue weighted by atomic mass is 10.2. The van der Waals surface area contributed by atoms with Gasteiger partial charge in [0, 0.05) is 13.1 Å². The van der Waals surface area contributed by atoms with Gasteiger partial charge in [0.25, 0.3) is 0 Å². The lowest BCUT2D eigenvalue weighted by molar-refractivity contribution is 0.319. The van der Waals surface area contributed by atoms with Crippen LogP contribution in [-0.4, -0.2) is 20.0 Å². The number of thiophene rings is 1. The second kappa shape index (κ2) is 6.03. The first-order chi connectivity index (χ1) is 8.95. The summed E-state index contributed by atoms with van der Waals surface area (Å²) in [5.74, 6) is 0. The van der Waals surface area contributed by atoms with Crippen LogP contribution in [0.2, 0.25) is 19.6 Å². The Morgan fingerprint density at radius 1 is 0.947 bits per heavy atom. The third kappa shape index (κ3) is 4.30. The van der Waals surface area contributed by atoms with Crippen molar-refractivity contribution >= 4 is 24.6 Å². The van der Waals surface area contributed by atoms with Gasteiger partial charge in [0.15, 0.2) is 0 Å². The van der Waals surface area contributed by atoms with Crippen LogP contribution in [-0.2, 0) is 13.1 Å². The maximum absolute atomic E-state index is 2.39. The maximum atomic E-state index is 2.39. The van der Waals surface area contributed by atoms with Crippen molar-refractivity contribution < 1.29 is 0 Å². The van der Waals surface area contributed by atoms with Gasteiger partial charge in [-0.2, -0.15) is 11.3 Å². The fourth-order valence-electron chi connectivity index (χ4n) is 2.17. The molecule has 2 aromatic rings. The molecule has 0 N–H and O–H groups in total. The number of benzene rings is 1. The predicted octanol–water partition coefficient (Wildman–Crippen LogP) is 3.93. The van der Waals surface area contributed by atoms with Gasteiger partial charge in [-0.05, 0) is 35.0 Å². The van der Waals surface area contributed by atoms with Crippen molar-refractivity contribution in [2.45, 2.75) is 32.7 Å². The highest BCUT2D eigenvalue weighted by Crippen LogP contribution is 2.11. The van der Waals surface area contributed by atoms with E-state index in [1.807, 2.05) is 0 Å². The van der Waals surface area contributed by atoms with Crippen molar-refractivity contribution in [2.24, 2.45) is 0 Å². The second-order valence-electron chi connectivity index (χ2n) is 6.25. The molecule has 0 saturated heterocycles. The summed E-state index contributed by atoms with van der Waals surface area (Å²) >= 11 is 1.77. The van der Waals surface area contributed by atoms with Gasteiger partial charge in [-0.15, -0.1) is 0 Å². The Morgan fingerprint density at radius 2 is 1.58 bits per heavy atom. The van der Waals surface area contributed by atoms with Crippen molar-refractivity contribution in [3.63, 3.8) is 0 Å². The third-order valence-electron chi connectivity index (χ3n) is 3.31. The van der Waals surface area contributed by atoms with E-state index in [0.29, 0.717) is 0 Å². The van der Waals surface area contributed by atoms with Crippen LogP contribution >= 0.6 is 11.3 Å². The highest BCUT2D eigenvalue weighted by atomic mass is 32.1. The Balaban J connectivity index is 1.96. The molecule has 102 valence electrons. The molecule has 0 amide bonds. The molecule has 3 heteroatoms. The van der Waals surface area contributed by atoms with E-state index in [1.54, 1.807) is 11.3 Å². The molecular formula is C16H23NSSi. The molecule has 0 spiro atoms. The first kappa shape index (κ1) is 14.5. The summed E-state index contributed by atoms with van der Waals surface area (Å²) in [6, 6.07) is 11.4. The summed E-state index contributed by atoms with van der Waals surface area (Å²) < 4.78 is 0. The van der Waals surface area contributed by atoms with Gasteiger partial charge in [0.2, 0.25) is 0 Å². The van der Waals surface area contributed by atoms with E-state index in [9.17, 15) is 0 Å². The molecule has 1 aromatic heterocycles. The summed E-state index contributed by atoms with van der Waals surface area (Å²) in [6.07, 6.45) is 0. The zero-order valence-electron chi connectivity index (χ0n) is 12.3. The lowest BCUT2D eigenvalue weighted by Crippen LogP contribution is -2.37. The first-order valence-electron chi connectivity index (χ1n) is 6.74. The Labute approximate surface area is 121 Å². The lowest BCUT2D eigenvalue weighted by Gasteiger charge is -2.19. The maximum Gasteiger partial charge on any atom is 0.0775 e.